The Morgan fingerprint density at radius 2 is 2.73 bits per heavy atom. The molecule has 0 amide bonds. The zero-order valence-corrected chi connectivity index (χ0v) is 6.46. The van der Waals surface area contributed by atoms with Crippen LogP contribution in [-0.4, -0.2) is 25.7 Å². The lowest BCUT2D eigenvalue weighted by Crippen LogP contribution is -2.31. The van der Waals surface area contributed by atoms with Gasteiger partial charge in [-0.2, -0.15) is 0 Å². The SMILES string of the molecule is C=CC1=CC(C(=O)OC)NC1. The molecule has 0 spiro atoms. The zero-order chi connectivity index (χ0) is 8.27. The summed E-state index contributed by atoms with van der Waals surface area (Å²) in [6.45, 7) is 4.30. The fourth-order valence-corrected chi connectivity index (χ4v) is 0.978. The van der Waals surface area contributed by atoms with Crippen LogP contribution in [0.4, 0.5) is 0 Å². The highest BCUT2D eigenvalue weighted by atomic mass is 16.5. The van der Waals surface area contributed by atoms with Gasteiger partial charge in [0.15, 0.2) is 0 Å². The third kappa shape index (κ3) is 1.68. The second kappa shape index (κ2) is 3.34. The summed E-state index contributed by atoms with van der Waals surface area (Å²) in [5.74, 6) is -0.248. The molecule has 11 heavy (non-hydrogen) atoms. The van der Waals surface area contributed by atoms with Crippen molar-refractivity contribution in [3.05, 3.63) is 24.3 Å². The molecular weight excluding hydrogens is 142 g/mol. The number of rotatable bonds is 2. The fraction of sp³-hybridized carbons (Fsp3) is 0.375. The molecule has 0 aliphatic carbocycles. The molecule has 3 nitrogen and oxygen atoms in total. The summed E-state index contributed by atoms with van der Waals surface area (Å²) in [4.78, 5) is 10.9. The molecule has 0 aromatic rings. The van der Waals surface area contributed by atoms with E-state index in [4.69, 9.17) is 0 Å². The molecular formula is C8H11NO2. The Morgan fingerprint density at radius 1 is 2.00 bits per heavy atom. The van der Waals surface area contributed by atoms with Crippen LogP contribution >= 0.6 is 0 Å². The molecule has 0 saturated heterocycles. The van der Waals surface area contributed by atoms with Crippen molar-refractivity contribution in [3.8, 4) is 0 Å². The van der Waals surface area contributed by atoms with Crippen molar-refractivity contribution in [2.45, 2.75) is 6.04 Å². The van der Waals surface area contributed by atoms with E-state index in [1.54, 1.807) is 6.08 Å². The number of esters is 1. The van der Waals surface area contributed by atoms with E-state index in [1.807, 2.05) is 6.08 Å². The van der Waals surface area contributed by atoms with Crippen LogP contribution in [0.25, 0.3) is 0 Å². The summed E-state index contributed by atoms with van der Waals surface area (Å²) >= 11 is 0. The average Bonchev–Trinajstić information content (AvgIpc) is 2.50. The van der Waals surface area contributed by atoms with Crippen molar-refractivity contribution >= 4 is 5.97 Å². The van der Waals surface area contributed by atoms with Crippen molar-refractivity contribution < 1.29 is 9.53 Å². The van der Waals surface area contributed by atoms with Gasteiger partial charge in [0.2, 0.25) is 0 Å². The summed E-state index contributed by atoms with van der Waals surface area (Å²) < 4.78 is 4.55. The zero-order valence-electron chi connectivity index (χ0n) is 6.46. The van der Waals surface area contributed by atoms with E-state index < -0.39 is 0 Å². The largest absolute Gasteiger partial charge is 0.468 e. The van der Waals surface area contributed by atoms with E-state index >= 15 is 0 Å². The van der Waals surface area contributed by atoms with Crippen LogP contribution in [0.3, 0.4) is 0 Å². The molecule has 1 rings (SSSR count). The van der Waals surface area contributed by atoms with Gasteiger partial charge in [-0.25, -0.2) is 0 Å². The van der Waals surface area contributed by atoms with E-state index in [-0.39, 0.29) is 12.0 Å². The first-order valence-corrected chi connectivity index (χ1v) is 3.42. The van der Waals surface area contributed by atoms with Gasteiger partial charge in [-0.05, 0) is 5.57 Å². The average molecular weight is 153 g/mol. The molecule has 1 atom stereocenters. The highest BCUT2D eigenvalue weighted by molar-refractivity contribution is 5.79. The second-order valence-corrected chi connectivity index (χ2v) is 2.33. The topological polar surface area (TPSA) is 38.3 Å². The molecule has 0 aromatic carbocycles. The van der Waals surface area contributed by atoms with Crippen LogP contribution in [0.2, 0.25) is 0 Å². The summed E-state index contributed by atoms with van der Waals surface area (Å²) in [5, 5.41) is 2.97. The second-order valence-electron chi connectivity index (χ2n) is 2.33. The molecule has 1 aliphatic rings. The molecule has 3 heteroatoms. The summed E-state index contributed by atoms with van der Waals surface area (Å²) in [6, 6.07) is -0.284. The fourth-order valence-electron chi connectivity index (χ4n) is 0.978. The van der Waals surface area contributed by atoms with Crippen molar-refractivity contribution in [2.24, 2.45) is 0 Å². The maximum absolute atomic E-state index is 10.9. The molecule has 0 aromatic heterocycles. The molecule has 1 N–H and O–H groups in total. The van der Waals surface area contributed by atoms with Crippen molar-refractivity contribution in [1.29, 1.82) is 0 Å². The van der Waals surface area contributed by atoms with E-state index in [1.165, 1.54) is 7.11 Å². The highest BCUT2D eigenvalue weighted by Gasteiger charge is 2.20. The van der Waals surface area contributed by atoms with E-state index in [0.29, 0.717) is 6.54 Å². The molecule has 0 saturated carbocycles. The summed E-state index contributed by atoms with van der Waals surface area (Å²) in [7, 11) is 1.38. The van der Waals surface area contributed by atoms with E-state index in [0.717, 1.165) is 5.57 Å². The lowest BCUT2D eigenvalue weighted by atomic mass is 10.2. The van der Waals surface area contributed by atoms with E-state index in [9.17, 15) is 4.79 Å². The quantitative estimate of drug-likeness (QED) is 0.578. The Labute approximate surface area is 65.7 Å². The van der Waals surface area contributed by atoms with Crippen LogP contribution in [0.5, 0.6) is 0 Å². The Kier molecular flexibility index (Phi) is 2.44. The van der Waals surface area contributed by atoms with Crippen molar-refractivity contribution in [3.63, 3.8) is 0 Å². The van der Waals surface area contributed by atoms with Crippen LogP contribution in [0.15, 0.2) is 24.3 Å². The standard InChI is InChI=1S/C8H11NO2/c1-3-6-4-7(9-5-6)8(10)11-2/h3-4,7,9H,1,5H2,2H3. The summed E-state index contributed by atoms with van der Waals surface area (Å²) in [5.41, 5.74) is 1.04. The Bertz CT molecular complexity index is 208. The normalized spacial score (nSPS) is 22.6. The lowest BCUT2D eigenvalue weighted by Gasteiger charge is -2.03. The van der Waals surface area contributed by atoms with Crippen LogP contribution in [0.1, 0.15) is 0 Å². The third-order valence-corrected chi connectivity index (χ3v) is 1.62. The number of hydrogen-bond acceptors (Lipinski definition) is 3. The molecule has 1 unspecified atom stereocenters. The number of hydrogen-bond donors (Lipinski definition) is 1. The Hall–Kier alpha value is -1.09. The van der Waals surface area contributed by atoms with Gasteiger partial charge in [-0.1, -0.05) is 18.7 Å². The predicted octanol–water partition coefficient (Wildman–Crippen LogP) is 0.244. The smallest absolute Gasteiger partial charge is 0.326 e. The third-order valence-electron chi connectivity index (χ3n) is 1.62. The maximum atomic E-state index is 10.9. The van der Waals surface area contributed by atoms with Gasteiger partial charge in [0.25, 0.3) is 0 Å². The van der Waals surface area contributed by atoms with Crippen molar-refractivity contribution in [1.82, 2.24) is 5.32 Å². The van der Waals surface area contributed by atoms with E-state index in [2.05, 4.69) is 16.6 Å². The van der Waals surface area contributed by atoms with Gasteiger partial charge < -0.3 is 4.74 Å². The van der Waals surface area contributed by atoms with Crippen LogP contribution < -0.4 is 5.32 Å². The predicted molar refractivity (Wildman–Crippen MR) is 42.1 cm³/mol. The molecule has 0 fully saturated rings. The highest BCUT2D eigenvalue weighted by Crippen LogP contribution is 2.06. The summed E-state index contributed by atoms with van der Waals surface area (Å²) in [6.07, 6.45) is 3.55. The number of methoxy groups -OCH3 is 1. The van der Waals surface area contributed by atoms with Gasteiger partial charge in [0, 0.05) is 6.54 Å². The van der Waals surface area contributed by atoms with Crippen LogP contribution in [0, 0.1) is 0 Å². The molecule has 1 aliphatic heterocycles. The lowest BCUT2D eigenvalue weighted by molar-refractivity contribution is -0.141. The molecule has 0 radical (unpaired) electrons. The first-order chi connectivity index (χ1) is 5.27. The van der Waals surface area contributed by atoms with Gasteiger partial charge in [0.05, 0.1) is 7.11 Å². The Balaban J connectivity index is 2.58. The minimum atomic E-state index is -0.284. The number of nitrogens with one attached hydrogen (secondary N) is 1. The van der Waals surface area contributed by atoms with Gasteiger partial charge in [0.1, 0.15) is 6.04 Å². The maximum Gasteiger partial charge on any atom is 0.326 e. The van der Waals surface area contributed by atoms with Gasteiger partial charge >= 0.3 is 5.97 Å². The molecule has 0 bridgehead atoms. The number of carbonyl (C=O) groups is 1. The minimum absolute atomic E-state index is 0.248. The molecule has 1 heterocycles. The first kappa shape index (κ1) is 8.01. The monoisotopic (exact) mass is 153 g/mol. The van der Waals surface area contributed by atoms with Crippen LogP contribution in [-0.2, 0) is 9.53 Å². The van der Waals surface area contributed by atoms with Gasteiger partial charge in [-0.3, -0.25) is 10.1 Å². The van der Waals surface area contributed by atoms with Crippen molar-refractivity contribution in [2.75, 3.05) is 13.7 Å². The number of ether oxygens (including phenoxy) is 1. The number of carbonyl (C=O) groups excluding carboxylic acids is 1. The molecule has 60 valence electrons. The van der Waals surface area contributed by atoms with Gasteiger partial charge in [-0.15, -0.1) is 0 Å². The first-order valence-electron chi connectivity index (χ1n) is 3.42. The minimum Gasteiger partial charge on any atom is -0.468 e. The Morgan fingerprint density at radius 3 is 3.18 bits per heavy atom.